The van der Waals surface area contributed by atoms with Crippen LogP contribution < -0.4 is 10.1 Å². The number of methoxy groups -OCH3 is 1. The molecule has 0 aromatic heterocycles. The van der Waals surface area contributed by atoms with Crippen LogP contribution in [-0.2, 0) is 6.54 Å². The van der Waals surface area contributed by atoms with Gasteiger partial charge in [-0.15, -0.1) is 0 Å². The molecule has 22 heavy (non-hydrogen) atoms. The van der Waals surface area contributed by atoms with E-state index in [1.54, 1.807) is 19.2 Å². The molecule has 2 N–H and O–H groups in total. The van der Waals surface area contributed by atoms with Gasteiger partial charge in [-0.2, -0.15) is 0 Å². The van der Waals surface area contributed by atoms with Crippen molar-refractivity contribution in [2.45, 2.75) is 33.2 Å². The molecule has 122 valence electrons. The zero-order valence-electron chi connectivity index (χ0n) is 13.8. The number of aromatic hydroxyl groups is 1. The number of guanidine groups is 1. The molecule has 1 aliphatic rings. The number of rotatable bonds is 4. The van der Waals surface area contributed by atoms with Crippen LogP contribution in [0.15, 0.2) is 23.2 Å². The molecule has 1 atom stereocenters. The van der Waals surface area contributed by atoms with Gasteiger partial charge in [-0.1, -0.05) is 6.92 Å². The molecule has 0 bridgehead atoms. The summed E-state index contributed by atoms with van der Waals surface area (Å²) in [4.78, 5) is 7.01. The first-order chi connectivity index (χ1) is 10.6. The second kappa shape index (κ2) is 7.92. The van der Waals surface area contributed by atoms with Crippen molar-refractivity contribution in [1.29, 1.82) is 0 Å². The molecule has 5 heteroatoms. The summed E-state index contributed by atoms with van der Waals surface area (Å²) >= 11 is 0. The maximum atomic E-state index is 9.97. The van der Waals surface area contributed by atoms with E-state index in [-0.39, 0.29) is 5.75 Å². The highest BCUT2D eigenvalue weighted by Crippen LogP contribution is 2.24. The van der Waals surface area contributed by atoms with Crippen LogP contribution in [0.1, 0.15) is 32.3 Å². The van der Waals surface area contributed by atoms with E-state index < -0.39 is 0 Å². The van der Waals surface area contributed by atoms with Crippen molar-refractivity contribution in [3.8, 4) is 11.5 Å². The lowest BCUT2D eigenvalue weighted by Gasteiger charge is -2.33. The molecule has 1 fully saturated rings. The Kier molecular flexibility index (Phi) is 5.92. The van der Waals surface area contributed by atoms with Gasteiger partial charge in [0.1, 0.15) is 11.5 Å². The van der Waals surface area contributed by atoms with Gasteiger partial charge in [0.2, 0.25) is 0 Å². The molecule has 0 spiro atoms. The van der Waals surface area contributed by atoms with Crippen LogP contribution in [0.5, 0.6) is 11.5 Å². The summed E-state index contributed by atoms with van der Waals surface area (Å²) in [5.41, 5.74) is 0.778. The van der Waals surface area contributed by atoms with Crippen LogP contribution >= 0.6 is 0 Å². The van der Waals surface area contributed by atoms with Gasteiger partial charge in [0.15, 0.2) is 5.96 Å². The van der Waals surface area contributed by atoms with Crippen molar-refractivity contribution < 1.29 is 9.84 Å². The number of piperidine rings is 1. The molecule has 1 unspecified atom stereocenters. The number of hydrogen-bond donors (Lipinski definition) is 2. The van der Waals surface area contributed by atoms with Crippen molar-refractivity contribution in [2.24, 2.45) is 10.9 Å². The lowest BCUT2D eigenvalue weighted by molar-refractivity contribution is 0.266. The largest absolute Gasteiger partial charge is 0.508 e. The second-order valence-corrected chi connectivity index (χ2v) is 5.86. The second-order valence-electron chi connectivity index (χ2n) is 5.86. The molecular weight excluding hydrogens is 278 g/mol. The molecular formula is C17H27N3O2. The molecule has 2 rings (SSSR count). The van der Waals surface area contributed by atoms with Gasteiger partial charge < -0.3 is 20.1 Å². The van der Waals surface area contributed by atoms with Crippen LogP contribution in [0.3, 0.4) is 0 Å². The number of phenols is 1. The van der Waals surface area contributed by atoms with Gasteiger partial charge >= 0.3 is 0 Å². The van der Waals surface area contributed by atoms with Gasteiger partial charge in [-0.05, 0) is 43.9 Å². The molecule has 0 saturated carbocycles. The molecule has 1 aliphatic heterocycles. The zero-order chi connectivity index (χ0) is 15.9. The van der Waals surface area contributed by atoms with Crippen LogP contribution in [-0.4, -0.2) is 42.7 Å². The van der Waals surface area contributed by atoms with E-state index >= 15 is 0 Å². The van der Waals surface area contributed by atoms with E-state index in [2.05, 4.69) is 24.1 Å². The maximum Gasteiger partial charge on any atom is 0.194 e. The number of likely N-dealkylation sites (tertiary alicyclic amines) is 1. The predicted molar refractivity (Wildman–Crippen MR) is 89.4 cm³/mol. The first kappa shape index (κ1) is 16.5. The summed E-state index contributed by atoms with van der Waals surface area (Å²) in [7, 11) is 1.62. The number of hydrogen-bond acceptors (Lipinski definition) is 3. The summed E-state index contributed by atoms with van der Waals surface area (Å²) in [5.74, 6) is 2.62. The van der Waals surface area contributed by atoms with Crippen molar-refractivity contribution in [3.05, 3.63) is 23.8 Å². The Labute approximate surface area is 133 Å². The van der Waals surface area contributed by atoms with Crippen LogP contribution in [0.2, 0.25) is 0 Å². The first-order valence-corrected chi connectivity index (χ1v) is 8.03. The molecule has 0 radical (unpaired) electrons. The SMILES string of the molecule is CCNC(=NCc1cc(OC)ccc1O)N1CCCC(C)C1. The Bertz CT molecular complexity index is 517. The number of aliphatic imine (C=N–C) groups is 1. The Morgan fingerprint density at radius 3 is 3.00 bits per heavy atom. The quantitative estimate of drug-likeness (QED) is 0.663. The highest BCUT2D eigenvalue weighted by Gasteiger charge is 2.19. The van der Waals surface area contributed by atoms with Gasteiger partial charge in [0.05, 0.1) is 13.7 Å². The smallest absolute Gasteiger partial charge is 0.194 e. The minimum absolute atomic E-state index is 0.257. The number of ether oxygens (including phenoxy) is 1. The Balaban J connectivity index is 2.12. The fraction of sp³-hybridized carbons (Fsp3) is 0.588. The van der Waals surface area contributed by atoms with Crippen molar-refractivity contribution in [1.82, 2.24) is 10.2 Å². The van der Waals surface area contributed by atoms with E-state index in [0.29, 0.717) is 12.5 Å². The Morgan fingerprint density at radius 1 is 1.50 bits per heavy atom. The fourth-order valence-electron chi connectivity index (χ4n) is 2.78. The first-order valence-electron chi connectivity index (χ1n) is 8.03. The number of benzene rings is 1. The zero-order valence-corrected chi connectivity index (χ0v) is 13.8. The van der Waals surface area contributed by atoms with Crippen molar-refractivity contribution in [2.75, 3.05) is 26.7 Å². The third-order valence-corrected chi connectivity index (χ3v) is 3.98. The van der Waals surface area contributed by atoms with Gasteiger partial charge in [-0.25, -0.2) is 4.99 Å². The van der Waals surface area contributed by atoms with E-state index in [1.165, 1.54) is 12.8 Å². The number of phenolic OH excluding ortho intramolecular Hbond substituents is 1. The summed E-state index contributed by atoms with van der Waals surface area (Å²) in [5, 5.41) is 13.3. The molecule has 5 nitrogen and oxygen atoms in total. The molecule has 0 aliphatic carbocycles. The monoisotopic (exact) mass is 305 g/mol. The van der Waals surface area contributed by atoms with E-state index in [9.17, 15) is 5.11 Å². The maximum absolute atomic E-state index is 9.97. The Morgan fingerprint density at radius 2 is 2.32 bits per heavy atom. The van der Waals surface area contributed by atoms with Crippen molar-refractivity contribution >= 4 is 5.96 Å². The van der Waals surface area contributed by atoms with Crippen molar-refractivity contribution in [3.63, 3.8) is 0 Å². The summed E-state index contributed by atoms with van der Waals surface area (Å²) < 4.78 is 5.21. The van der Waals surface area contributed by atoms with Gasteiger partial charge in [0.25, 0.3) is 0 Å². The predicted octanol–water partition coefficient (Wildman–Crippen LogP) is 2.60. The summed E-state index contributed by atoms with van der Waals surface area (Å²) in [6.07, 6.45) is 2.49. The van der Waals surface area contributed by atoms with Gasteiger partial charge in [0, 0.05) is 25.2 Å². The van der Waals surface area contributed by atoms with E-state index in [4.69, 9.17) is 9.73 Å². The number of nitrogens with zero attached hydrogens (tertiary/aromatic N) is 2. The van der Waals surface area contributed by atoms with Crippen LogP contribution in [0.25, 0.3) is 0 Å². The third kappa shape index (κ3) is 4.29. The lowest BCUT2D eigenvalue weighted by atomic mass is 10.0. The van der Waals surface area contributed by atoms with E-state index in [0.717, 1.165) is 36.9 Å². The minimum atomic E-state index is 0.257. The topological polar surface area (TPSA) is 57.1 Å². The lowest BCUT2D eigenvalue weighted by Crippen LogP contribution is -2.46. The average molecular weight is 305 g/mol. The highest BCUT2D eigenvalue weighted by molar-refractivity contribution is 5.80. The third-order valence-electron chi connectivity index (χ3n) is 3.98. The summed E-state index contributed by atoms with van der Waals surface area (Å²) in [6, 6.07) is 5.24. The highest BCUT2D eigenvalue weighted by atomic mass is 16.5. The average Bonchev–Trinajstić information content (AvgIpc) is 2.52. The molecule has 1 aromatic rings. The van der Waals surface area contributed by atoms with E-state index in [1.807, 2.05) is 6.07 Å². The molecule has 1 saturated heterocycles. The molecule has 1 heterocycles. The normalized spacial score (nSPS) is 19.1. The van der Waals surface area contributed by atoms with Gasteiger partial charge in [-0.3, -0.25) is 0 Å². The molecule has 0 amide bonds. The van der Waals surface area contributed by atoms with Crippen LogP contribution in [0.4, 0.5) is 0 Å². The fourth-order valence-corrected chi connectivity index (χ4v) is 2.78. The minimum Gasteiger partial charge on any atom is -0.508 e. The molecule has 1 aromatic carbocycles. The standard InChI is InChI=1S/C17H27N3O2/c1-4-18-17(20-9-5-6-13(2)12-20)19-11-14-10-15(22-3)7-8-16(14)21/h7-8,10,13,21H,4-6,9,11-12H2,1-3H3,(H,18,19). The summed E-state index contributed by atoms with van der Waals surface area (Å²) in [6.45, 7) is 7.72. The number of nitrogens with one attached hydrogen (secondary N) is 1. The Hall–Kier alpha value is -1.91. The van der Waals surface area contributed by atoms with Crippen LogP contribution in [0, 0.1) is 5.92 Å².